The molecule has 0 saturated carbocycles. The number of aromatic amines is 1. The van der Waals surface area contributed by atoms with E-state index in [1.54, 1.807) is 26.2 Å². The van der Waals surface area contributed by atoms with E-state index >= 15 is 0 Å². The third-order valence-electron chi connectivity index (χ3n) is 2.90. The first-order valence-electron chi connectivity index (χ1n) is 6.33. The molecule has 112 valence electrons. The number of furan rings is 1. The summed E-state index contributed by atoms with van der Waals surface area (Å²) in [4.78, 5) is 29.5. The average molecular weight is 292 g/mol. The number of hydrogen-bond donors (Lipinski definition) is 4. The molecule has 0 bridgehead atoms. The van der Waals surface area contributed by atoms with E-state index in [1.807, 2.05) is 0 Å². The number of carboxylic acid groups (broad SMARTS) is 1. The summed E-state index contributed by atoms with van der Waals surface area (Å²) in [5.41, 5.74) is 0.0937. The van der Waals surface area contributed by atoms with Gasteiger partial charge in [0.2, 0.25) is 0 Å². The van der Waals surface area contributed by atoms with Crippen LogP contribution in [0.25, 0.3) is 0 Å². The van der Waals surface area contributed by atoms with Crippen LogP contribution in [0.2, 0.25) is 0 Å². The molecule has 2 aromatic rings. The number of nitrogens with zero attached hydrogens (tertiary/aromatic N) is 1. The molecular formula is C13H16N4O4. The predicted octanol–water partition coefficient (Wildman–Crippen LogP) is 1.57. The molecule has 1 unspecified atom stereocenters. The molecule has 2 heterocycles. The number of amides is 2. The average Bonchev–Trinajstić information content (AvgIpc) is 3.05. The molecule has 2 rings (SSSR count). The molecule has 0 aromatic carbocycles. The number of imidazole rings is 1. The monoisotopic (exact) mass is 292 g/mol. The van der Waals surface area contributed by atoms with E-state index in [-0.39, 0.29) is 18.2 Å². The van der Waals surface area contributed by atoms with E-state index in [1.165, 1.54) is 6.07 Å². The minimum atomic E-state index is -1.06. The summed E-state index contributed by atoms with van der Waals surface area (Å²) in [7, 11) is 0. The van der Waals surface area contributed by atoms with Gasteiger partial charge >= 0.3 is 12.0 Å². The van der Waals surface area contributed by atoms with Crippen molar-refractivity contribution in [3.63, 3.8) is 0 Å². The van der Waals surface area contributed by atoms with Crippen LogP contribution in [-0.4, -0.2) is 27.1 Å². The van der Waals surface area contributed by atoms with Gasteiger partial charge in [-0.3, -0.25) is 0 Å². The fourth-order valence-electron chi connectivity index (χ4n) is 1.84. The molecule has 1 atom stereocenters. The molecule has 0 radical (unpaired) electrons. The Morgan fingerprint density at radius 1 is 1.52 bits per heavy atom. The lowest BCUT2D eigenvalue weighted by atomic mass is 10.2. The highest BCUT2D eigenvalue weighted by atomic mass is 16.4. The summed E-state index contributed by atoms with van der Waals surface area (Å²) in [5.74, 6) is 0.278. The highest BCUT2D eigenvalue weighted by Crippen LogP contribution is 2.14. The van der Waals surface area contributed by atoms with Gasteiger partial charge in [0.25, 0.3) is 0 Å². The molecule has 0 saturated heterocycles. The molecule has 2 aromatic heterocycles. The van der Waals surface area contributed by atoms with Crippen molar-refractivity contribution < 1.29 is 19.1 Å². The summed E-state index contributed by atoms with van der Waals surface area (Å²) >= 11 is 0. The Morgan fingerprint density at radius 2 is 2.29 bits per heavy atom. The molecule has 0 spiro atoms. The van der Waals surface area contributed by atoms with Crippen LogP contribution in [0, 0.1) is 6.92 Å². The van der Waals surface area contributed by atoms with Crippen LogP contribution in [0.3, 0.4) is 0 Å². The molecular weight excluding hydrogens is 276 g/mol. The number of carbonyl (C=O) groups is 2. The summed E-state index contributed by atoms with van der Waals surface area (Å²) in [6, 6.07) is 0.728. The number of nitrogens with one attached hydrogen (secondary N) is 3. The van der Waals surface area contributed by atoms with Crippen molar-refractivity contribution in [1.29, 1.82) is 0 Å². The maximum Gasteiger partial charge on any atom is 0.339 e. The Labute approximate surface area is 120 Å². The van der Waals surface area contributed by atoms with E-state index in [0.29, 0.717) is 17.3 Å². The van der Waals surface area contributed by atoms with Crippen LogP contribution in [0.5, 0.6) is 0 Å². The first kappa shape index (κ1) is 14.6. The molecule has 4 N–H and O–H groups in total. The summed E-state index contributed by atoms with van der Waals surface area (Å²) in [6.07, 6.45) is 3.27. The normalized spacial score (nSPS) is 11.9. The van der Waals surface area contributed by atoms with Gasteiger partial charge in [-0.2, -0.15) is 0 Å². The van der Waals surface area contributed by atoms with Gasteiger partial charge in [-0.25, -0.2) is 14.6 Å². The second-order valence-corrected chi connectivity index (χ2v) is 4.51. The first-order valence-corrected chi connectivity index (χ1v) is 6.33. The third kappa shape index (κ3) is 3.62. The maximum atomic E-state index is 11.7. The minimum Gasteiger partial charge on any atom is -0.478 e. The number of hydrogen-bond acceptors (Lipinski definition) is 4. The SMILES string of the molecule is Cc1oc(CNC(=O)NC(C)c2ncc[nH]2)cc1C(=O)O. The molecule has 8 nitrogen and oxygen atoms in total. The smallest absolute Gasteiger partial charge is 0.339 e. The molecule has 0 aliphatic carbocycles. The predicted molar refractivity (Wildman–Crippen MR) is 72.8 cm³/mol. The molecule has 8 heteroatoms. The van der Waals surface area contributed by atoms with Gasteiger partial charge in [0.1, 0.15) is 22.9 Å². The number of rotatable bonds is 5. The van der Waals surface area contributed by atoms with Gasteiger partial charge in [0, 0.05) is 12.4 Å². The van der Waals surface area contributed by atoms with Crippen molar-refractivity contribution in [2.24, 2.45) is 0 Å². The minimum absolute atomic E-state index is 0.0937. The molecule has 0 aliphatic heterocycles. The number of H-pyrrole nitrogens is 1. The molecule has 2 amide bonds. The van der Waals surface area contributed by atoms with Crippen molar-refractivity contribution >= 4 is 12.0 Å². The zero-order chi connectivity index (χ0) is 15.4. The van der Waals surface area contributed by atoms with Gasteiger partial charge in [-0.05, 0) is 19.9 Å². The fourth-order valence-corrected chi connectivity index (χ4v) is 1.84. The van der Waals surface area contributed by atoms with Crippen molar-refractivity contribution in [1.82, 2.24) is 20.6 Å². The van der Waals surface area contributed by atoms with Crippen molar-refractivity contribution in [2.45, 2.75) is 26.4 Å². The van der Waals surface area contributed by atoms with E-state index in [9.17, 15) is 9.59 Å². The number of carboxylic acids is 1. The van der Waals surface area contributed by atoms with Crippen LogP contribution in [0.15, 0.2) is 22.9 Å². The molecule has 0 aliphatic rings. The van der Waals surface area contributed by atoms with Gasteiger partial charge < -0.3 is 25.1 Å². The molecule has 0 fully saturated rings. The zero-order valence-electron chi connectivity index (χ0n) is 11.6. The van der Waals surface area contributed by atoms with Gasteiger partial charge in [-0.1, -0.05) is 0 Å². The topological polar surface area (TPSA) is 120 Å². The second kappa shape index (κ2) is 6.12. The van der Waals surface area contributed by atoms with Gasteiger partial charge in [0.05, 0.1) is 12.6 Å². The van der Waals surface area contributed by atoms with E-state index in [0.717, 1.165) is 0 Å². The largest absolute Gasteiger partial charge is 0.478 e. The number of aromatic nitrogens is 2. The van der Waals surface area contributed by atoms with Crippen LogP contribution in [0.4, 0.5) is 4.79 Å². The van der Waals surface area contributed by atoms with Crippen LogP contribution in [0.1, 0.15) is 40.7 Å². The van der Waals surface area contributed by atoms with Crippen LogP contribution < -0.4 is 10.6 Å². The lowest BCUT2D eigenvalue weighted by molar-refractivity contribution is 0.0695. The quantitative estimate of drug-likeness (QED) is 0.666. The lowest BCUT2D eigenvalue weighted by Crippen LogP contribution is -2.36. The summed E-state index contributed by atoms with van der Waals surface area (Å²) in [5, 5.41) is 14.2. The van der Waals surface area contributed by atoms with Gasteiger partial charge in [0.15, 0.2) is 0 Å². The Morgan fingerprint density at radius 3 is 2.86 bits per heavy atom. The number of carbonyl (C=O) groups excluding carboxylic acids is 1. The van der Waals surface area contributed by atoms with Crippen molar-refractivity contribution in [3.8, 4) is 0 Å². The fraction of sp³-hybridized carbons (Fsp3) is 0.308. The Kier molecular flexibility index (Phi) is 4.27. The number of aromatic carboxylic acids is 1. The first-order chi connectivity index (χ1) is 9.97. The summed E-state index contributed by atoms with van der Waals surface area (Å²) in [6.45, 7) is 3.45. The lowest BCUT2D eigenvalue weighted by Gasteiger charge is -2.11. The number of aryl methyl sites for hydroxylation is 1. The number of urea groups is 1. The Bertz CT molecular complexity index is 633. The second-order valence-electron chi connectivity index (χ2n) is 4.51. The highest BCUT2D eigenvalue weighted by Gasteiger charge is 2.15. The van der Waals surface area contributed by atoms with Crippen molar-refractivity contribution in [3.05, 3.63) is 41.4 Å². The van der Waals surface area contributed by atoms with E-state index < -0.39 is 12.0 Å². The standard InChI is InChI=1S/C13H16N4O4/c1-7(11-14-3-4-15-11)17-13(20)16-6-9-5-10(12(18)19)8(2)21-9/h3-5,7H,6H2,1-2H3,(H,14,15)(H,18,19)(H2,16,17,20). The van der Waals surface area contributed by atoms with Crippen LogP contribution in [-0.2, 0) is 6.54 Å². The van der Waals surface area contributed by atoms with Crippen LogP contribution >= 0.6 is 0 Å². The molecule has 21 heavy (non-hydrogen) atoms. The Balaban J connectivity index is 1.86. The van der Waals surface area contributed by atoms with Gasteiger partial charge in [-0.15, -0.1) is 0 Å². The Hall–Kier alpha value is -2.77. The highest BCUT2D eigenvalue weighted by molar-refractivity contribution is 5.88. The van der Waals surface area contributed by atoms with E-state index in [2.05, 4.69) is 20.6 Å². The maximum absolute atomic E-state index is 11.7. The van der Waals surface area contributed by atoms with E-state index in [4.69, 9.17) is 9.52 Å². The third-order valence-corrected chi connectivity index (χ3v) is 2.90. The summed E-state index contributed by atoms with van der Waals surface area (Å²) < 4.78 is 5.26. The zero-order valence-corrected chi connectivity index (χ0v) is 11.6. The van der Waals surface area contributed by atoms with Crippen molar-refractivity contribution in [2.75, 3.05) is 0 Å².